The number of carboxylic acids is 1. The van der Waals surface area contributed by atoms with Crippen molar-refractivity contribution in [3.05, 3.63) is 45.7 Å². The van der Waals surface area contributed by atoms with Crippen molar-refractivity contribution in [1.29, 1.82) is 0 Å². The van der Waals surface area contributed by atoms with E-state index in [0.717, 1.165) is 5.69 Å². The van der Waals surface area contributed by atoms with Crippen molar-refractivity contribution >= 4 is 11.7 Å². The van der Waals surface area contributed by atoms with Crippen LogP contribution in [0.3, 0.4) is 0 Å². The van der Waals surface area contributed by atoms with Crippen LogP contribution in [0.5, 0.6) is 5.75 Å². The van der Waals surface area contributed by atoms with Crippen molar-refractivity contribution in [1.82, 2.24) is 4.98 Å². The Morgan fingerprint density at radius 3 is 2.24 bits per heavy atom. The topological polar surface area (TPSA) is 93.6 Å². The average molecular weight is 288 g/mol. The Bertz CT molecular complexity index is 746. The normalized spacial score (nSPS) is 10.4. The van der Waals surface area contributed by atoms with E-state index in [4.69, 9.17) is 5.11 Å². The zero-order chi connectivity index (χ0) is 15.7. The standard InChI is InChI=1S/C15H16N2O4/c1-8-12(9-4-6-10(7-5-9)17(2)3)16-14(19)11(13(8)18)15(20)21/h4-7H,1-3H3,(H,20,21)(H2,16,18,19). The predicted octanol–water partition coefficient (Wildman–Crippen LogP) is 1.82. The van der Waals surface area contributed by atoms with Crippen LogP contribution in [0.15, 0.2) is 29.1 Å². The molecule has 0 aliphatic heterocycles. The summed E-state index contributed by atoms with van der Waals surface area (Å²) < 4.78 is 0. The van der Waals surface area contributed by atoms with Crippen molar-refractivity contribution in [3.8, 4) is 17.0 Å². The van der Waals surface area contributed by atoms with Crippen LogP contribution in [0.2, 0.25) is 0 Å². The van der Waals surface area contributed by atoms with Crippen molar-refractivity contribution < 1.29 is 15.0 Å². The molecule has 3 N–H and O–H groups in total. The maximum Gasteiger partial charge on any atom is 0.345 e. The van der Waals surface area contributed by atoms with Crippen LogP contribution in [0.1, 0.15) is 15.9 Å². The summed E-state index contributed by atoms with van der Waals surface area (Å²) in [4.78, 5) is 27.2. The molecule has 0 fully saturated rings. The van der Waals surface area contributed by atoms with Crippen LogP contribution < -0.4 is 10.5 Å². The fourth-order valence-electron chi connectivity index (χ4n) is 2.10. The van der Waals surface area contributed by atoms with E-state index in [1.54, 1.807) is 19.1 Å². The molecule has 0 amide bonds. The maximum atomic E-state index is 11.8. The third-order valence-electron chi connectivity index (χ3n) is 3.32. The summed E-state index contributed by atoms with van der Waals surface area (Å²) in [5, 5.41) is 18.9. The van der Waals surface area contributed by atoms with Crippen LogP contribution in [0, 0.1) is 6.92 Å². The first kappa shape index (κ1) is 14.6. The molecular formula is C15H16N2O4. The molecule has 110 valence electrons. The number of pyridine rings is 1. The number of anilines is 1. The molecule has 0 atom stereocenters. The van der Waals surface area contributed by atoms with Gasteiger partial charge in [-0.2, -0.15) is 0 Å². The lowest BCUT2D eigenvalue weighted by molar-refractivity contribution is 0.0691. The first-order chi connectivity index (χ1) is 9.82. The van der Waals surface area contributed by atoms with Gasteiger partial charge in [0.25, 0.3) is 5.56 Å². The summed E-state index contributed by atoms with van der Waals surface area (Å²) in [6.07, 6.45) is 0. The van der Waals surface area contributed by atoms with Gasteiger partial charge in [-0.05, 0) is 24.6 Å². The van der Waals surface area contributed by atoms with E-state index in [2.05, 4.69) is 4.98 Å². The average Bonchev–Trinajstić information content (AvgIpc) is 2.42. The highest BCUT2D eigenvalue weighted by molar-refractivity contribution is 5.91. The second-order valence-corrected chi connectivity index (χ2v) is 4.92. The molecule has 6 nitrogen and oxygen atoms in total. The molecule has 0 saturated heterocycles. The Morgan fingerprint density at radius 1 is 1.19 bits per heavy atom. The van der Waals surface area contributed by atoms with Crippen LogP contribution in [0.4, 0.5) is 5.69 Å². The van der Waals surface area contributed by atoms with Gasteiger partial charge in [-0.1, -0.05) is 12.1 Å². The van der Waals surface area contributed by atoms with Crippen molar-refractivity contribution in [2.45, 2.75) is 6.92 Å². The number of carbonyl (C=O) groups is 1. The van der Waals surface area contributed by atoms with Crippen LogP contribution in [-0.2, 0) is 0 Å². The molecule has 0 aliphatic carbocycles. The number of H-pyrrole nitrogens is 1. The predicted molar refractivity (Wildman–Crippen MR) is 80.2 cm³/mol. The van der Waals surface area contributed by atoms with E-state index in [0.29, 0.717) is 16.8 Å². The minimum atomic E-state index is -1.45. The largest absolute Gasteiger partial charge is 0.506 e. The monoisotopic (exact) mass is 288 g/mol. The van der Waals surface area contributed by atoms with E-state index in [9.17, 15) is 14.7 Å². The summed E-state index contributed by atoms with van der Waals surface area (Å²) in [5.41, 5.74) is 0.962. The number of aromatic carboxylic acids is 1. The van der Waals surface area contributed by atoms with Crippen molar-refractivity contribution in [3.63, 3.8) is 0 Å². The molecule has 1 aromatic carbocycles. The third-order valence-corrected chi connectivity index (χ3v) is 3.32. The molecule has 2 aromatic rings. The summed E-state index contributed by atoms with van der Waals surface area (Å²) in [5.74, 6) is -1.95. The minimum Gasteiger partial charge on any atom is -0.506 e. The Kier molecular flexibility index (Phi) is 3.71. The second kappa shape index (κ2) is 5.32. The number of aromatic amines is 1. The summed E-state index contributed by atoms with van der Waals surface area (Å²) in [7, 11) is 3.82. The highest BCUT2D eigenvalue weighted by Gasteiger charge is 2.20. The van der Waals surface area contributed by atoms with Gasteiger partial charge in [-0.3, -0.25) is 4.79 Å². The number of nitrogens with zero attached hydrogens (tertiary/aromatic N) is 1. The van der Waals surface area contributed by atoms with Gasteiger partial charge in [0.2, 0.25) is 0 Å². The molecule has 1 heterocycles. The fraction of sp³-hybridized carbons (Fsp3) is 0.200. The third kappa shape index (κ3) is 2.60. The zero-order valence-corrected chi connectivity index (χ0v) is 12.0. The smallest absolute Gasteiger partial charge is 0.345 e. The lowest BCUT2D eigenvalue weighted by Crippen LogP contribution is -2.19. The number of aromatic nitrogens is 1. The van der Waals surface area contributed by atoms with Gasteiger partial charge < -0.3 is 20.1 Å². The van der Waals surface area contributed by atoms with Crippen LogP contribution >= 0.6 is 0 Å². The summed E-state index contributed by atoms with van der Waals surface area (Å²) in [6.45, 7) is 1.56. The Balaban J connectivity index is 2.60. The lowest BCUT2D eigenvalue weighted by Gasteiger charge is -2.14. The first-order valence-corrected chi connectivity index (χ1v) is 6.29. The molecule has 0 unspecified atom stereocenters. The SMILES string of the molecule is Cc1c(-c2ccc(N(C)C)cc2)[nH]c(=O)c(C(=O)O)c1O. The minimum absolute atomic E-state index is 0.324. The van der Waals surface area contributed by atoms with Gasteiger partial charge in [0, 0.05) is 25.3 Å². The number of benzene rings is 1. The Labute approximate surface area is 121 Å². The number of nitrogens with one attached hydrogen (secondary N) is 1. The molecule has 2 rings (SSSR count). The highest BCUT2D eigenvalue weighted by atomic mass is 16.4. The fourth-order valence-corrected chi connectivity index (χ4v) is 2.10. The van der Waals surface area contributed by atoms with Gasteiger partial charge in [0.05, 0.1) is 5.69 Å². The molecule has 0 aliphatic rings. The van der Waals surface area contributed by atoms with Crippen LogP contribution in [0.25, 0.3) is 11.3 Å². The van der Waals surface area contributed by atoms with Crippen molar-refractivity contribution in [2.24, 2.45) is 0 Å². The van der Waals surface area contributed by atoms with E-state index < -0.39 is 22.8 Å². The summed E-state index contributed by atoms with van der Waals surface area (Å²) >= 11 is 0. The molecule has 21 heavy (non-hydrogen) atoms. The number of aromatic hydroxyl groups is 1. The molecule has 6 heteroatoms. The van der Waals surface area contributed by atoms with Gasteiger partial charge >= 0.3 is 5.97 Å². The molecule has 1 aromatic heterocycles. The lowest BCUT2D eigenvalue weighted by atomic mass is 10.0. The highest BCUT2D eigenvalue weighted by Crippen LogP contribution is 2.29. The van der Waals surface area contributed by atoms with Crippen LogP contribution in [-0.4, -0.2) is 35.3 Å². The Hall–Kier alpha value is -2.76. The number of carboxylic acid groups (broad SMARTS) is 1. The number of rotatable bonds is 3. The molecule has 0 bridgehead atoms. The summed E-state index contributed by atoms with van der Waals surface area (Å²) in [6, 6.07) is 7.34. The zero-order valence-electron chi connectivity index (χ0n) is 12.0. The Morgan fingerprint density at radius 2 is 1.76 bits per heavy atom. The van der Waals surface area contributed by atoms with Gasteiger partial charge in [-0.25, -0.2) is 4.79 Å². The quantitative estimate of drug-likeness (QED) is 0.801. The number of hydrogen-bond acceptors (Lipinski definition) is 4. The van der Waals surface area contributed by atoms with Gasteiger partial charge in [0.15, 0.2) is 5.56 Å². The van der Waals surface area contributed by atoms with Crippen molar-refractivity contribution in [2.75, 3.05) is 19.0 Å². The van der Waals surface area contributed by atoms with Gasteiger partial charge in [0.1, 0.15) is 5.75 Å². The second-order valence-electron chi connectivity index (χ2n) is 4.92. The molecule has 0 spiro atoms. The number of hydrogen-bond donors (Lipinski definition) is 3. The van der Waals surface area contributed by atoms with E-state index in [-0.39, 0.29) is 0 Å². The van der Waals surface area contributed by atoms with Gasteiger partial charge in [-0.15, -0.1) is 0 Å². The van der Waals surface area contributed by atoms with E-state index >= 15 is 0 Å². The first-order valence-electron chi connectivity index (χ1n) is 6.29. The van der Waals surface area contributed by atoms with E-state index in [1.807, 2.05) is 31.1 Å². The van der Waals surface area contributed by atoms with E-state index in [1.165, 1.54) is 0 Å². The molecule has 0 radical (unpaired) electrons. The molecular weight excluding hydrogens is 272 g/mol. The maximum absolute atomic E-state index is 11.8. The molecule has 0 saturated carbocycles.